The molecule has 0 aromatic heterocycles. The van der Waals surface area contributed by atoms with E-state index >= 15 is 0 Å². The predicted octanol–water partition coefficient (Wildman–Crippen LogP) is 2.34. The number of hydrogen-bond donors (Lipinski definition) is 3. The van der Waals surface area contributed by atoms with Crippen LogP contribution in [0.4, 0.5) is 5.69 Å². The molecule has 2 rings (SSSR count). The summed E-state index contributed by atoms with van der Waals surface area (Å²) in [7, 11) is 3.04. The van der Waals surface area contributed by atoms with Crippen LogP contribution >= 0.6 is 12.2 Å². The minimum absolute atomic E-state index is 0.153. The van der Waals surface area contributed by atoms with Gasteiger partial charge in [-0.2, -0.15) is 0 Å². The smallest absolute Gasteiger partial charge is 0.257 e. The van der Waals surface area contributed by atoms with Crippen molar-refractivity contribution in [3.05, 3.63) is 54.1 Å². The molecule has 0 aliphatic carbocycles. The summed E-state index contributed by atoms with van der Waals surface area (Å²) in [6.07, 6.45) is 0. The molecule has 23 heavy (non-hydrogen) atoms. The Labute approximate surface area is 139 Å². The Bertz CT molecular complexity index is 670. The number of thiocarbonyl (C=S) groups is 1. The van der Waals surface area contributed by atoms with Crippen molar-refractivity contribution in [3.63, 3.8) is 0 Å². The van der Waals surface area contributed by atoms with Crippen molar-refractivity contribution in [3.8, 4) is 11.5 Å². The van der Waals surface area contributed by atoms with Crippen LogP contribution in [0.25, 0.3) is 0 Å². The minimum Gasteiger partial charge on any atom is -0.497 e. The van der Waals surface area contributed by atoms with Gasteiger partial charge in [-0.25, -0.2) is 0 Å². The predicted molar refractivity (Wildman–Crippen MR) is 92.8 cm³/mol. The SMILES string of the molecule is COc1cc(OC)cc(C(=O)NC(=S)NNc2ccccc2)c1. The third-order valence-electron chi connectivity index (χ3n) is 2.93. The van der Waals surface area contributed by atoms with Gasteiger partial charge in [0.25, 0.3) is 5.91 Å². The Hall–Kier alpha value is -2.80. The summed E-state index contributed by atoms with van der Waals surface area (Å²) in [4.78, 5) is 12.2. The van der Waals surface area contributed by atoms with E-state index in [1.165, 1.54) is 14.2 Å². The first-order chi connectivity index (χ1) is 11.1. The maximum absolute atomic E-state index is 12.2. The Balaban J connectivity index is 1.97. The summed E-state index contributed by atoms with van der Waals surface area (Å²) in [5.74, 6) is 0.682. The number of carbonyl (C=O) groups excluding carboxylic acids is 1. The van der Waals surface area contributed by atoms with Gasteiger partial charge in [0.05, 0.1) is 19.9 Å². The molecular weight excluding hydrogens is 314 g/mol. The summed E-state index contributed by atoms with van der Waals surface area (Å²) in [6.45, 7) is 0. The number of hydrazine groups is 1. The van der Waals surface area contributed by atoms with Gasteiger partial charge >= 0.3 is 0 Å². The number of methoxy groups -OCH3 is 2. The molecule has 3 N–H and O–H groups in total. The van der Waals surface area contributed by atoms with Crippen molar-refractivity contribution in [2.45, 2.75) is 0 Å². The molecule has 6 nitrogen and oxygen atoms in total. The van der Waals surface area contributed by atoms with Crippen LogP contribution in [0, 0.1) is 0 Å². The minimum atomic E-state index is -0.366. The quantitative estimate of drug-likeness (QED) is 0.577. The molecule has 0 radical (unpaired) electrons. The van der Waals surface area contributed by atoms with Gasteiger partial charge < -0.3 is 9.47 Å². The zero-order valence-electron chi connectivity index (χ0n) is 12.8. The molecule has 2 aromatic carbocycles. The van der Waals surface area contributed by atoms with Gasteiger partial charge in [0.2, 0.25) is 0 Å². The normalized spacial score (nSPS) is 9.65. The highest BCUT2D eigenvalue weighted by Gasteiger charge is 2.11. The first kappa shape index (κ1) is 16.6. The van der Waals surface area contributed by atoms with Gasteiger partial charge in [-0.05, 0) is 36.5 Å². The highest BCUT2D eigenvalue weighted by molar-refractivity contribution is 7.80. The van der Waals surface area contributed by atoms with Crippen molar-refractivity contribution < 1.29 is 14.3 Å². The van der Waals surface area contributed by atoms with Crippen molar-refractivity contribution in [2.75, 3.05) is 19.6 Å². The van der Waals surface area contributed by atoms with Crippen molar-refractivity contribution in [2.24, 2.45) is 0 Å². The standard InChI is InChI=1S/C16H17N3O3S/c1-21-13-8-11(9-14(10-13)22-2)15(20)17-16(23)19-18-12-6-4-3-5-7-12/h3-10,18H,1-2H3,(H2,17,19,20,23). The summed E-state index contributed by atoms with van der Waals surface area (Å²) < 4.78 is 10.3. The lowest BCUT2D eigenvalue weighted by Gasteiger charge is -2.12. The Morgan fingerprint density at radius 2 is 1.61 bits per heavy atom. The van der Waals surface area contributed by atoms with E-state index in [0.717, 1.165) is 5.69 Å². The second kappa shape index (κ2) is 8.00. The molecule has 0 unspecified atom stereocenters. The second-order valence-corrected chi connectivity index (χ2v) is 4.91. The van der Waals surface area contributed by atoms with Gasteiger partial charge in [0, 0.05) is 11.6 Å². The number of anilines is 1. The van der Waals surface area contributed by atoms with Crippen molar-refractivity contribution >= 4 is 28.9 Å². The average Bonchev–Trinajstić information content (AvgIpc) is 2.60. The molecule has 0 fully saturated rings. The van der Waals surface area contributed by atoms with Crippen LogP contribution in [-0.2, 0) is 0 Å². The molecule has 2 aromatic rings. The fourth-order valence-corrected chi connectivity index (χ4v) is 1.94. The van der Waals surface area contributed by atoms with Crippen LogP contribution in [0.3, 0.4) is 0 Å². The van der Waals surface area contributed by atoms with Crippen molar-refractivity contribution in [1.82, 2.24) is 10.7 Å². The lowest BCUT2D eigenvalue weighted by molar-refractivity contribution is 0.0976. The number of para-hydroxylation sites is 1. The molecule has 0 bridgehead atoms. The molecule has 0 aliphatic heterocycles. The number of ether oxygens (including phenoxy) is 2. The molecule has 0 aliphatic rings. The van der Waals surface area contributed by atoms with Gasteiger partial charge in [0.15, 0.2) is 5.11 Å². The molecule has 0 heterocycles. The Kier molecular flexibility index (Phi) is 5.76. The van der Waals surface area contributed by atoms with E-state index in [4.69, 9.17) is 21.7 Å². The maximum atomic E-state index is 12.2. The molecule has 0 saturated heterocycles. The van der Waals surface area contributed by atoms with E-state index in [1.54, 1.807) is 18.2 Å². The van der Waals surface area contributed by atoms with Gasteiger partial charge in [-0.3, -0.25) is 21.0 Å². The van der Waals surface area contributed by atoms with Crippen LogP contribution < -0.4 is 25.6 Å². The van der Waals surface area contributed by atoms with Crippen LogP contribution in [-0.4, -0.2) is 25.2 Å². The van der Waals surface area contributed by atoms with Gasteiger partial charge in [-0.1, -0.05) is 18.2 Å². The van der Waals surface area contributed by atoms with E-state index in [2.05, 4.69) is 16.2 Å². The molecule has 120 valence electrons. The average molecular weight is 331 g/mol. The van der Waals surface area contributed by atoms with E-state index in [9.17, 15) is 4.79 Å². The number of hydrogen-bond acceptors (Lipinski definition) is 5. The largest absolute Gasteiger partial charge is 0.497 e. The van der Waals surface area contributed by atoms with Crippen LogP contribution in [0.1, 0.15) is 10.4 Å². The summed E-state index contributed by atoms with van der Waals surface area (Å²) in [5, 5.41) is 2.73. The third-order valence-corrected chi connectivity index (χ3v) is 3.14. The molecule has 7 heteroatoms. The fraction of sp³-hybridized carbons (Fsp3) is 0.125. The number of amides is 1. The topological polar surface area (TPSA) is 71.6 Å². The lowest BCUT2D eigenvalue weighted by atomic mass is 10.2. The van der Waals surface area contributed by atoms with Crippen LogP contribution in [0.15, 0.2) is 48.5 Å². The number of carbonyl (C=O) groups is 1. The van der Waals surface area contributed by atoms with Crippen LogP contribution in [0.2, 0.25) is 0 Å². The molecule has 0 atom stereocenters. The second-order valence-electron chi connectivity index (χ2n) is 4.50. The summed E-state index contributed by atoms with van der Waals surface area (Å²) in [6, 6.07) is 14.3. The summed E-state index contributed by atoms with van der Waals surface area (Å²) >= 11 is 5.08. The van der Waals surface area contributed by atoms with E-state index in [1.807, 2.05) is 30.3 Å². The zero-order chi connectivity index (χ0) is 16.7. The summed E-state index contributed by atoms with van der Waals surface area (Å²) in [5.41, 5.74) is 6.84. The Morgan fingerprint density at radius 3 is 2.17 bits per heavy atom. The lowest BCUT2D eigenvalue weighted by Crippen LogP contribution is -2.41. The Morgan fingerprint density at radius 1 is 1.00 bits per heavy atom. The van der Waals surface area contributed by atoms with E-state index < -0.39 is 0 Å². The first-order valence-corrected chi connectivity index (χ1v) is 7.18. The molecular formula is C16H17N3O3S. The number of nitrogens with one attached hydrogen (secondary N) is 3. The fourth-order valence-electron chi connectivity index (χ4n) is 1.80. The van der Waals surface area contributed by atoms with Gasteiger partial charge in [-0.15, -0.1) is 0 Å². The molecule has 1 amide bonds. The van der Waals surface area contributed by atoms with Gasteiger partial charge in [0.1, 0.15) is 11.5 Å². The number of benzene rings is 2. The third kappa shape index (κ3) is 4.86. The highest BCUT2D eigenvalue weighted by atomic mass is 32.1. The van der Waals surface area contributed by atoms with E-state index in [0.29, 0.717) is 17.1 Å². The monoisotopic (exact) mass is 331 g/mol. The maximum Gasteiger partial charge on any atom is 0.257 e. The van der Waals surface area contributed by atoms with Crippen molar-refractivity contribution in [1.29, 1.82) is 0 Å². The zero-order valence-corrected chi connectivity index (χ0v) is 13.6. The molecule has 0 saturated carbocycles. The number of rotatable bonds is 5. The molecule has 0 spiro atoms. The van der Waals surface area contributed by atoms with Crippen LogP contribution in [0.5, 0.6) is 11.5 Å². The highest BCUT2D eigenvalue weighted by Crippen LogP contribution is 2.22. The van der Waals surface area contributed by atoms with E-state index in [-0.39, 0.29) is 11.0 Å². The first-order valence-electron chi connectivity index (χ1n) is 6.78.